The van der Waals surface area contributed by atoms with Crippen molar-refractivity contribution in [2.24, 2.45) is 0 Å². The van der Waals surface area contributed by atoms with Crippen molar-refractivity contribution >= 4 is 11.8 Å². The first kappa shape index (κ1) is 16.5. The van der Waals surface area contributed by atoms with Gasteiger partial charge in [0.15, 0.2) is 0 Å². The van der Waals surface area contributed by atoms with E-state index in [4.69, 9.17) is 0 Å². The zero-order chi connectivity index (χ0) is 15.9. The van der Waals surface area contributed by atoms with Gasteiger partial charge in [-0.15, -0.1) is 0 Å². The standard InChI is InChI=1S/C17H25N3O2/c1-3-16-6-4-5-11-20(16)17(22)13-19(14(2)21)12-15-7-9-18-10-8-15/h7-10,16H,3-6,11-13H2,1-2H3. The first-order chi connectivity index (χ1) is 10.6. The van der Waals surface area contributed by atoms with Gasteiger partial charge < -0.3 is 9.80 Å². The van der Waals surface area contributed by atoms with Gasteiger partial charge in [-0.3, -0.25) is 14.6 Å². The van der Waals surface area contributed by atoms with Gasteiger partial charge >= 0.3 is 0 Å². The van der Waals surface area contributed by atoms with E-state index in [1.807, 2.05) is 17.0 Å². The van der Waals surface area contributed by atoms with E-state index in [0.29, 0.717) is 12.6 Å². The molecule has 0 aromatic carbocycles. The first-order valence-corrected chi connectivity index (χ1v) is 8.05. The molecule has 1 aromatic rings. The molecule has 2 amide bonds. The summed E-state index contributed by atoms with van der Waals surface area (Å²) in [5.74, 6) is -0.00831. The largest absolute Gasteiger partial charge is 0.338 e. The maximum atomic E-state index is 12.6. The Morgan fingerprint density at radius 2 is 2.05 bits per heavy atom. The molecule has 0 spiro atoms. The molecule has 1 aromatic heterocycles. The Hall–Kier alpha value is -1.91. The van der Waals surface area contributed by atoms with Crippen LogP contribution in [0.5, 0.6) is 0 Å². The number of hydrogen-bond donors (Lipinski definition) is 0. The second kappa shape index (κ2) is 7.92. The predicted molar refractivity (Wildman–Crippen MR) is 85.0 cm³/mol. The zero-order valence-electron chi connectivity index (χ0n) is 13.5. The van der Waals surface area contributed by atoms with Gasteiger partial charge in [0.1, 0.15) is 6.54 Å². The number of hydrogen-bond acceptors (Lipinski definition) is 3. The summed E-state index contributed by atoms with van der Waals surface area (Å²) in [6.07, 6.45) is 7.71. The van der Waals surface area contributed by atoms with Crippen LogP contribution >= 0.6 is 0 Å². The van der Waals surface area contributed by atoms with Crippen LogP contribution in [-0.4, -0.2) is 45.7 Å². The molecule has 120 valence electrons. The Morgan fingerprint density at radius 1 is 1.32 bits per heavy atom. The van der Waals surface area contributed by atoms with Crippen LogP contribution in [0.25, 0.3) is 0 Å². The lowest BCUT2D eigenvalue weighted by atomic mass is 10.00. The molecule has 1 saturated heterocycles. The summed E-state index contributed by atoms with van der Waals surface area (Å²) in [5, 5.41) is 0. The fourth-order valence-electron chi connectivity index (χ4n) is 2.99. The molecule has 5 nitrogen and oxygen atoms in total. The molecule has 1 unspecified atom stereocenters. The number of likely N-dealkylation sites (tertiary alicyclic amines) is 1. The van der Waals surface area contributed by atoms with Crippen LogP contribution in [0, 0.1) is 0 Å². The topological polar surface area (TPSA) is 53.5 Å². The second-order valence-corrected chi connectivity index (χ2v) is 5.88. The van der Waals surface area contributed by atoms with Crippen molar-refractivity contribution in [3.63, 3.8) is 0 Å². The van der Waals surface area contributed by atoms with E-state index in [0.717, 1.165) is 31.4 Å². The smallest absolute Gasteiger partial charge is 0.242 e. The average molecular weight is 303 g/mol. The van der Waals surface area contributed by atoms with E-state index < -0.39 is 0 Å². The normalized spacial score (nSPS) is 18.1. The average Bonchev–Trinajstić information content (AvgIpc) is 2.55. The molecule has 0 bridgehead atoms. The first-order valence-electron chi connectivity index (χ1n) is 8.05. The second-order valence-electron chi connectivity index (χ2n) is 5.88. The third kappa shape index (κ3) is 4.29. The molecular weight excluding hydrogens is 278 g/mol. The van der Waals surface area contributed by atoms with Gasteiger partial charge in [0.2, 0.25) is 11.8 Å². The minimum Gasteiger partial charge on any atom is -0.338 e. The highest BCUT2D eigenvalue weighted by molar-refractivity contribution is 5.84. The molecular formula is C17H25N3O2. The molecule has 0 radical (unpaired) electrons. The molecule has 1 aliphatic heterocycles. The lowest BCUT2D eigenvalue weighted by molar-refractivity contribution is -0.142. The SMILES string of the molecule is CCC1CCCCN1C(=O)CN(Cc1ccncc1)C(C)=O. The number of carbonyl (C=O) groups excluding carboxylic acids is 2. The molecule has 0 N–H and O–H groups in total. The number of aromatic nitrogens is 1. The van der Waals surface area contributed by atoms with Crippen molar-refractivity contribution in [3.8, 4) is 0 Å². The zero-order valence-corrected chi connectivity index (χ0v) is 13.5. The Morgan fingerprint density at radius 3 is 2.68 bits per heavy atom. The summed E-state index contributed by atoms with van der Waals surface area (Å²) in [6.45, 7) is 5.07. The molecule has 2 heterocycles. The molecule has 22 heavy (non-hydrogen) atoms. The quantitative estimate of drug-likeness (QED) is 0.838. The van der Waals surface area contributed by atoms with Crippen LogP contribution in [0.1, 0.15) is 45.1 Å². The van der Waals surface area contributed by atoms with Crippen LogP contribution in [-0.2, 0) is 16.1 Å². The summed E-state index contributed by atoms with van der Waals surface area (Å²) in [4.78, 5) is 32.0. The van der Waals surface area contributed by atoms with Crippen LogP contribution in [0.2, 0.25) is 0 Å². The van der Waals surface area contributed by atoms with Crippen molar-refractivity contribution in [2.45, 2.75) is 52.1 Å². The van der Waals surface area contributed by atoms with Gasteiger partial charge in [0.05, 0.1) is 0 Å². The van der Waals surface area contributed by atoms with Crippen LogP contribution in [0.4, 0.5) is 0 Å². The van der Waals surface area contributed by atoms with Crippen molar-refractivity contribution in [3.05, 3.63) is 30.1 Å². The van der Waals surface area contributed by atoms with E-state index in [1.54, 1.807) is 17.3 Å². The van der Waals surface area contributed by atoms with Gasteiger partial charge in [0, 0.05) is 38.4 Å². The van der Waals surface area contributed by atoms with Crippen molar-refractivity contribution in [1.29, 1.82) is 0 Å². The Kier molecular flexibility index (Phi) is 5.92. The Labute approximate surface area is 132 Å². The van der Waals surface area contributed by atoms with E-state index in [9.17, 15) is 9.59 Å². The fraction of sp³-hybridized carbons (Fsp3) is 0.588. The Balaban J connectivity index is 2.01. The van der Waals surface area contributed by atoms with Gasteiger partial charge in [-0.05, 0) is 43.4 Å². The minimum atomic E-state index is -0.0739. The monoisotopic (exact) mass is 303 g/mol. The van der Waals surface area contributed by atoms with Crippen molar-refractivity contribution < 1.29 is 9.59 Å². The molecule has 2 rings (SSSR count). The number of piperidine rings is 1. The molecule has 1 aliphatic rings. The highest BCUT2D eigenvalue weighted by Crippen LogP contribution is 2.20. The summed E-state index contributed by atoms with van der Waals surface area (Å²) in [5.41, 5.74) is 0.990. The maximum absolute atomic E-state index is 12.6. The summed E-state index contributed by atoms with van der Waals surface area (Å²) in [7, 11) is 0. The fourth-order valence-corrected chi connectivity index (χ4v) is 2.99. The highest BCUT2D eigenvalue weighted by atomic mass is 16.2. The summed E-state index contributed by atoms with van der Waals surface area (Å²) >= 11 is 0. The molecule has 0 saturated carbocycles. The molecule has 5 heteroatoms. The Bertz CT molecular complexity index is 504. The highest BCUT2D eigenvalue weighted by Gasteiger charge is 2.27. The third-order valence-corrected chi connectivity index (χ3v) is 4.31. The summed E-state index contributed by atoms with van der Waals surface area (Å²) in [6, 6.07) is 4.07. The van der Waals surface area contributed by atoms with Crippen LogP contribution < -0.4 is 0 Å². The number of pyridine rings is 1. The van der Waals surface area contributed by atoms with Gasteiger partial charge in [-0.2, -0.15) is 0 Å². The third-order valence-electron chi connectivity index (χ3n) is 4.31. The van der Waals surface area contributed by atoms with E-state index in [2.05, 4.69) is 11.9 Å². The predicted octanol–water partition coefficient (Wildman–Crippen LogP) is 2.22. The van der Waals surface area contributed by atoms with Crippen molar-refractivity contribution in [1.82, 2.24) is 14.8 Å². The van der Waals surface area contributed by atoms with Crippen LogP contribution in [0.15, 0.2) is 24.5 Å². The van der Waals surface area contributed by atoms with E-state index in [-0.39, 0.29) is 18.4 Å². The lowest BCUT2D eigenvalue weighted by Gasteiger charge is -2.36. The maximum Gasteiger partial charge on any atom is 0.242 e. The van der Waals surface area contributed by atoms with E-state index in [1.165, 1.54) is 13.3 Å². The van der Waals surface area contributed by atoms with Crippen LogP contribution in [0.3, 0.4) is 0 Å². The lowest BCUT2D eigenvalue weighted by Crippen LogP contribution is -2.48. The van der Waals surface area contributed by atoms with Gasteiger partial charge in [-0.1, -0.05) is 6.92 Å². The number of amides is 2. The number of nitrogens with zero attached hydrogens (tertiary/aromatic N) is 3. The number of rotatable bonds is 5. The van der Waals surface area contributed by atoms with Gasteiger partial charge in [0.25, 0.3) is 0 Å². The van der Waals surface area contributed by atoms with E-state index >= 15 is 0 Å². The minimum absolute atomic E-state index is 0.0656. The van der Waals surface area contributed by atoms with Gasteiger partial charge in [-0.25, -0.2) is 0 Å². The van der Waals surface area contributed by atoms with Crippen molar-refractivity contribution in [2.75, 3.05) is 13.1 Å². The summed E-state index contributed by atoms with van der Waals surface area (Å²) < 4.78 is 0. The number of carbonyl (C=O) groups is 2. The molecule has 1 fully saturated rings. The molecule has 1 atom stereocenters. The molecule has 0 aliphatic carbocycles.